The molecule has 0 atom stereocenters. The molecule has 1 amide bonds. The van der Waals surface area contributed by atoms with Gasteiger partial charge < -0.3 is 5.32 Å². The lowest BCUT2D eigenvalue weighted by Crippen LogP contribution is -2.19. The van der Waals surface area contributed by atoms with Gasteiger partial charge in [-0.2, -0.15) is 5.10 Å². The van der Waals surface area contributed by atoms with Crippen LogP contribution in [-0.4, -0.2) is 16.1 Å². The third-order valence-corrected chi connectivity index (χ3v) is 2.38. The number of rotatable bonds is 4. The van der Waals surface area contributed by atoms with Gasteiger partial charge in [-0.3, -0.25) is 9.89 Å². The molecule has 0 spiro atoms. The summed E-state index contributed by atoms with van der Waals surface area (Å²) >= 11 is 0. The maximum atomic E-state index is 11.6. The number of aryl methyl sites for hydroxylation is 2. The topological polar surface area (TPSA) is 57.8 Å². The normalized spacial score (nSPS) is 10.7. The number of anilines is 1. The molecular formula is C11H19N3O. The molecule has 84 valence electrons. The monoisotopic (exact) mass is 209 g/mol. The number of nitrogens with one attached hydrogen (secondary N) is 2. The Hall–Kier alpha value is -1.32. The molecule has 0 bridgehead atoms. The standard InChI is InChI=1S/C11H19N3O/c1-5-8-10(9(6-2)14-13-8)12-11(15)7(3)4/h7H,5-6H2,1-4H3,(H,12,15)(H,13,14). The molecule has 1 heterocycles. The average molecular weight is 209 g/mol. The molecule has 0 aliphatic rings. The number of hydrogen-bond acceptors (Lipinski definition) is 2. The average Bonchev–Trinajstić information content (AvgIpc) is 2.59. The second kappa shape index (κ2) is 4.96. The number of aromatic nitrogens is 2. The van der Waals surface area contributed by atoms with E-state index in [1.165, 1.54) is 0 Å². The minimum atomic E-state index is -0.00527. The highest BCUT2D eigenvalue weighted by molar-refractivity contribution is 5.93. The lowest BCUT2D eigenvalue weighted by atomic mass is 10.1. The van der Waals surface area contributed by atoms with E-state index in [1.54, 1.807) is 0 Å². The van der Waals surface area contributed by atoms with Crippen molar-refractivity contribution in [2.24, 2.45) is 5.92 Å². The second-order valence-corrected chi connectivity index (χ2v) is 3.87. The maximum absolute atomic E-state index is 11.6. The van der Waals surface area contributed by atoms with E-state index >= 15 is 0 Å². The quantitative estimate of drug-likeness (QED) is 0.798. The number of hydrogen-bond donors (Lipinski definition) is 2. The maximum Gasteiger partial charge on any atom is 0.227 e. The molecule has 1 rings (SSSR count). The van der Waals surface area contributed by atoms with Gasteiger partial charge >= 0.3 is 0 Å². The van der Waals surface area contributed by atoms with Gasteiger partial charge in [-0.05, 0) is 12.8 Å². The van der Waals surface area contributed by atoms with Gasteiger partial charge in [0.2, 0.25) is 5.91 Å². The van der Waals surface area contributed by atoms with Crippen LogP contribution in [0.15, 0.2) is 0 Å². The molecule has 0 radical (unpaired) electrons. The van der Waals surface area contributed by atoms with Crippen LogP contribution < -0.4 is 5.32 Å². The number of aromatic amines is 1. The molecular weight excluding hydrogens is 190 g/mol. The highest BCUT2D eigenvalue weighted by Crippen LogP contribution is 2.20. The van der Waals surface area contributed by atoms with Crippen molar-refractivity contribution in [3.05, 3.63) is 11.4 Å². The van der Waals surface area contributed by atoms with Crippen LogP contribution in [0.3, 0.4) is 0 Å². The molecule has 0 aromatic carbocycles. The Bertz CT molecular complexity index is 320. The molecule has 2 N–H and O–H groups in total. The first-order chi connectivity index (χ1) is 7.10. The van der Waals surface area contributed by atoms with Crippen molar-refractivity contribution < 1.29 is 4.79 Å². The first-order valence-corrected chi connectivity index (χ1v) is 5.47. The van der Waals surface area contributed by atoms with E-state index in [4.69, 9.17) is 0 Å². The molecule has 4 heteroatoms. The first-order valence-electron chi connectivity index (χ1n) is 5.47. The SMILES string of the molecule is CCc1n[nH]c(CC)c1NC(=O)C(C)C. The van der Waals surface area contributed by atoms with Gasteiger partial charge in [0.1, 0.15) is 0 Å². The highest BCUT2D eigenvalue weighted by atomic mass is 16.1. The van der Waals surface area contributed by atoms with Gasteiger partial charge in [0, 0.05) is 5.92 Å². The summed E-state index contributed by atoms with van der Waals surface area (Å²) in [4.78, 5) is 11.6. The van der Waals surface area contributed by atoms with Crippen LogP contribution in [0.5, 0.6) is 0 Å². The number of carbonyl (C=O) groups is 1. The Balaban J connectivity index is 2.90. The summed E-state index contributed by atoms with van der Waals surface area (Å²) in [6.45, 7) is 7.83. The number of nitrogens with zero attached hydrogens (tertiary/aromatic N) is 1. The van der Waals surface area contributed by atoms with E-state index < -0.39 is 0 Å². The zero-order chi connectivity index (χ0) is 11.4. The summed E-state index contributed by atoms with van der Waals surface area (Å²) in [5, 5.41) is 10.1. The van der Waals surface area contributed by atoms with E-state index in [-0.39, 0.29) is 11.8 Å². The van der Waals surface area contributed by atoms with Crippen LogP contribution in [-0.2, 0) is 17.6 Å². The molecule has 0 aliphatic heterocycles. The fourth-order valence-corrected chi connectivity index (χ4v) is 1.35. The Kier molecular flexibility index (Phi) is 3.88. The van der Waals surface area contributed by atoms with Crippen molar-refractivity contribution in [3.63, 3.8) is 0 Å². The molecule has 0 saturated heterocycles. The molecule has 1 aromatic heterocycles. The molecule has 0 unspecified atom stereocenters. The van der Waals surface area contributed by atoms with Crippen molar-refractivity contribution >= 4 is 11.6 Å². The van der Waals surface area contributed by atoms with E-state index in [0.29, 0.717) is 0 Å². The second-order valence-electron chi connectivity index (χ2n) is 3.87. The van der Waals surface area contributed by atoms with E-state index in [0.717, 1.165) is 29.9 Å². The zero-order valence-electron chi connectivity index (χ0n) is 9.85. The molecule has 0 fully saturated rings. The Labute approximate surface area is 90.5 Å². The summed E-state index contributed by atoms with van der Waals surface area (Å²) in [5.74, 6) is 0.0371. The van der Waals surface area contributed by atoms with Crippen LogP contribution in [0.1, 0.15) is 39.1 Å². The smallest absolute Gasteiger partial charge is 0.227 e. The van der Waals surface area contributed by atoms with E-state index in [2.05, 4.69) is 15.5 Å². The molecule has 0 saturated carbocycles. The fraction of sp³-hybridized carbons (Fsp3) is 0.636. The third-order valence-electron chi connectivity index (χ3n) is 2.38. The predicted molar refractivity (Wildman–Crippen MR) is 60.8 cm³/mol. The highest BCUT2D eigenvalue weighted by Gasteiger charge is 2.14. The van der Waals surface area contributed by atoms with Gasteiger partial charge in [-0.1, -0.05) is 27.7 Å². The fourth-order valence-electron chi connectivity index (χ4n) is 1.35. The Morgan fingerprint density at radius 1 is 1.40 bits per heavy atom. The lowest BCUT2D eigenvalue weighted by Gasteiger charge is -2.08. The van der Waals surface area contributed by atoms with Crippen LogP contribution in [0.2, 0.25) is 0 Å². The van der Waals surface area contributed by atoms with Gasteiger partial charge in [0.15, 0.2) is 0 Å². The minimum Gasteiger partial charge on any atom is -0.323 e. The largest absolute Gasteiger partial charge is 0.323 e. The number of amides is 1. The van der Waals surface area contributed by atoms with Crippen molar-refractivity contribution in [3.8, 4) is 0 Å². The van der Waals surface area contributed by atoms with Gasteiger partial charge in [0.05, 0.1) is 17.1 Å². The van der Waals surface area contributed by atoms with Crippen LogP contribution in [0.25, 0.3) is 0 Å². The summed E-state index contributed by atoms with van der Waals surface area (Å²) in [5.41, 5.74) is 2.81. The van der Waals surface area contributed by atoms with Gasteiger partial charge in [0.25, 0.3) is 0 Å². The third kappa shape index (κ3) is 2.58. The number of H-pyrrole nitrogens is 1. The van der Waals surface area contributed by atoms with Crippen LogP contribution in [0, 0.1) is 5.92 Å². The van der Waals surface area contributed by atoms with Crippen molar-refractivity contribution in [1.82, 2.24) is 10.2 Å². The zero-order valence-corrected chi connectivity index (χ0v) is 9.85. The Morgan fingerprint density at radius 2 is 2.07 bits per heavy atom. The van der Waals surface area contributed by atoms with Crippen molar-refractivity contribution in [1.29, 1.82) is 0 Å². The van der Waals surface area contributed by atoms with Crippen LogP contribution in [0.4, 0.5) is 5.69 Å². The van der Waals surface area contributed by atoms with Crippen molar-refractivity contribution in [2.45, 2.75) is 40.5 Å². The van der Waals surface area contributed by atoms with Crippen LogP contribution >= 0.6 is 0 Å². The molecule has 0 aliphatic carbocycles. The summed E-state index contributed by atoms with van der Waals surface area (Å²) < 4.78 is 0. The lowest BCUT2D eigenvalue weighted by molar-refractivity contribution is -0.118. The molecule has 15 heavy (non-hydrogen) atoms. The number of carbonyl (C=O) groups excluding carboxylic acids is 1. The summed E-state index contributed by atoms with van der Waals surface area (Å²) in [6, 6.07) is 0. The molecule has 1 aromatic rings. The van der Waals surface area contributed by atoms with E-state index in [1.807, 2.05) is 27.7 Å². The predicted octanol–water partition coefficient (Wildman–Crippen LogP) is 2.13. The summed E-state index contributed by atoms with van der Waals surface area (Å²) in [6.07, 6.45) is 1.67. The minimum absolute atomic E-state index is 0.00527. The van der Waals surface area contributed by atoms with Gasteiger partial charge in [-0.15, -0.1) is 0 Å². The molecule has 4 nitrogen and oxygen atoms in total. The van der Waals surface area contributed by atoms with Crippen molar-refractivity contribution in [2.75, 3.05) is 5.32 Å². The summed E-state index contributed by atoms with van der Waals surface area (Å²) in [7, 11) is 0. The first kappa shape index (κ1) is 11.8. The van der Waals surface area contributed by atoms with Gasteiger partial charge in [-0.25, -0.2) is 0 Å². The van der Waals surface area contributed by atoms with E-state index in [9.17, 15) is 4.79 Å². The Morgan fingerprint density at radius 3 is 2.53 bits per heavy atom.